The van der Waals surface area contributed by atoms with E-state index >= 15 is 0 Å². The molecule has 0 heterocycles. The second kappa shape index (κ2) is 5.06. The van der Waals surface area contributed by atoms with E-state index < -0.39 is 23.6 Å². The number of hydrogen-bond acceptors (Lipinski definition) is 3. The molecule has 84 valence electrons. The summed E-state index contributed by atoms with van der Waals surface area (Å²) in [5.41, 5.74) is 0.458. The maximum atomic E-state index is 11.5. The van der Waals surface area contributed by atoms with Crippen molar-refractivity contribution < 1.29 is 19.5 Å². The van der Waals surface area contributed by atoms with Gasteiger partial charge in [0.15, 0.2) is 11.7 Å². The van der Waals surface area contributed by atoms with Gasteiger partial charge in [0, 0.05) is 5.69 Å². The third kappa shape index (κ3) is 2.91. The highest BCUT2D eigenvalue weighted by molar-refractivity contribution is 6.19. The molecule has 1 amide bonds. The molecular weight excluding hydrogens is 210 g/mol. The third-order valence-corrected chi connectivity index (χ3v) is 1.96. The van der Waals surface area contributed by atoms with Gasteiger partial charge in [-0.2, -0.15) is 0 Å². The second-order valence-electron chi connectivity index (χ2n) is 3.24. The molecule has 0 aliphatic rings. The van der Waals surface area contributed by atoms with Crippen LogP contribution in [0.4, 0.5) is 5.69 Å². The highest BCUT2D eigenvalue weighted by atomic mass is 16.4. The van der Waals surface area contributed by atoms with Crippen LogP contribution in [0.1, 0.15) is 6.92 Å². The lowest BCUT2D eigenvalue weighted by molar-refractivity contribution is -0.149. The fourth-order valence-electron chi connectivity index (χ4n) is 1.21. The number of carboxylic acids is 1. The van der Waals surface area contributed by atoms with Gasteiger partial charge in [-0.1, -0.05) is 18.2 Å². The molecule has 2 N–H and O–H groups in total. The van der Waals surface area contributed by atoms with Gasteiger partial charge >= 0.3 is 5.97 Å². The van der Waals surface area contributed by atoms with Crippen LogP contribution in [0.5, 0.6) is 0 Å². The topological polar surface area (TPSA) is 83.5 Å². The molecule has 0 radical (unpaired) electrons. The van der Waals surface area contributed by atoms with E-state index in [1.165, 1.54) is 0 Å². The number of anilines is 1. The van der Waals surface area contributed by atoms with Crippen molar-refractivity contribution in [3.05, 3.63) is 30.3 Å². The van der Waals surface area contributed by atoms with Crippen molar-refractivity contribution in [3.63, 3.8) is 0 Å². The normalized spacial score (nSPS) is 11.6. The van der Waals surface area contributed by atoms with Crippen molar-refractivity contribution in [1.82, 2.24) is 0 Å². The van der Waals surface area contributed by atoms with Crippen LogP contribution in [-0.4, -0.2) is 22.8 Å². The zero-order valence-electron chi connectivity index (χ0n) is 8.64. The molecule has 0 saturated carbocycles. The van der Waals surface area contributed by atoms with Crippen LogP contribution in [-0.2, 0) is 14.4 Å². The smallest absolute Gasteiger partial charge is 0.323 e. The number of rotatable bonds is 4. The van der Waals surface area contributed by atoms with Crippen molar-refractivity contribution in [2.24, 2.45) is 5.92 Å². The average molecular weight is 221 g/mol. The van der Waals surface area contributed by atoms with E-state index in [1.807, 2.05) is 0 Å². The molecule has 0 fully saturated rings. The van der Waals surface area contributed by atoms with E-state index in [1.54, 1.807) is 30.3 Å². The first-order valence-corrected chi connectivity index (χ1v) is 4.61. The van der Waals surface area contributed by atoms with Gasteiger partial charge in [0.05, 0.1) is 0 Å². The largest absolute Gasteiger partial charge is 0.480 e. The summed E-state index contributed by atoms with van der Waals surface area (Å²) in [5.74, 6) is -4.62. The van der Waals surface area contributed by atoms with Crippen molar-refractivity contribution in [1.29, 1.82) is 0 Å². The molecule has 0 bridgehead atoms. The highest BCUT2D eigenvalue weighted by Gasteiger charge is 2.30. The minimum absolute atomic E-state index is 0.458. The number of aliphatic carboxylic acids is 1. The first-order chi connectivity index (χ1) is 7.52. The maximum absolute atomic E-state index is 11.5. The van der Waals surface area contributed by atoms with E-state index in [9.17, 15) is 14.4 Å². The summed E-state index contributed by atoms with van der Waals surface area (Å²) in [6.45, 7) is 1.07. The first-order valence-electron chi connectivity index (χ1n) is 4.61. The number of carboxylic acid groups (broad SMARTS) is 1. The lowest BCUT2D eigenvalue weighted by Gasteiger charge is -2.09. The van der Waals surface area contributed by atoms with Crippen LogP contribution in [0.15, 0.2) is 30.3 Å². The SMILES string of the molecule is CC(=O)C(C(=O)O)C(=O)Nc1ccccc1. The van der Waals surface area contributed by atoms with Gasteiger partial charge in [-0.3, -0.25) is 14.4 Å². The Morgan fingerprint density at radius 2 is 1.75 bits per heavy atom. The zero-order valence-corrected chi connectivity index (χ0v) is 8.64. The summed E-state index contributed by atoms with van der Waals surface area (Å²) in [6, 6.07) is 8.36. The number of Topliss-reactive ketones (excluding diaryl/α,β-unsaturated/α-hetero) is 1. The summed E-state index contributed by atoms with van der Waals surface area (Å²) >= 11 is 0. The molecule has 1 unspecified atom stereocenters. The number of hydrogen-bond donors (Lipinski definition) is 2. The van der Waals surface area contributed by atoms with E-state index in [-0.39, 0.29) is 0 Å². The van der Waals surface area contributed by atoms with Crippen LogP contribution in [0.3, 0.4) is 0 Å². The van der Waals surface area contributed by atoms with Crippen molar-refractivity contribution >= 4 is 23.3 Å². The Labute approximate surface area is 92.1 Å². The number of amides is 1. The van der Waals surface area contributed by atoms with Gasteiger partial charge in [0.2, 0.25) is 5.91 Å². The zero-order chi connectivity index (χ0) is 12.1. The van der Waals surface area contributed by atoms with E-state index in [0.29, 0.717) is 5.69 Å². The Kier molecular flexibility index (Phi) is 3.77. The molecule has 1 atom stereocenters. The lowest BCUT2D eigenvalue weighted by Crippen LogP contribution is -2.34. The molecule has 0 saturated heterocycles. The fraction of sp³-hybridized carbons (Fsp3) is 0.182. The summed E-state index contributed by atoms with van der Waals surface area (Å²) in [6.07, 6.45) is 0. The van der Waals surface area contributed by atoms with Crippen molar-refractivity contribution in [3.8, 4) is 0 Å². The molecule has 1 aromatic carbocycles. The number of benzene rings is 1. The molecule has 5 nitrogen and oxygen atoms in total. The Bertz CT molecular complexity index is 399. The minimum Gasteiger partial charge on any atom is -0.480 e. The number of carbonyl (C=O) groups is 3. The molecule has 1 rings (SSSR count). The number of para-hydroxylation sites is 1. The maximum Gasteiger partial charge on any atom is 0.323 e. The minimum atomic E-state index is -1.65. The van der Waals surface area contributed by atoms with E-state index in [0.717, 1.165) is 6.92 Å². The number of ketones is 1. The molecule has 0 aliphatic heterocycles. The summed E-state index contributed by atoms with van der Waals surface area (Å²) in [5, 5.41) is 11.1. The molecule has 0 spiro atoms. The standard InChI is InChI=1S/C11H11NO4/c1-7(13)9(11(15)16)10(14)12-8-5-3-2-4-6-8/h2-6,9H,1H3,(H,12,14)(H,15,16). The second-order valence-corrected chi connectivity index (χ2v) is 3.24. The Morgan fingerprint density at radius 1 is 1.19 bits per heavy atom. The molecule has 5 heteroatoms. The Morgan fingerprint density at radius 3 is 2.19 bits per heavy atom. The highest BCUT2D eigenvalue weighted by Crippen LogP contribution is 2.08. The van der Waals surface area contributed by atoms with Gasteiger partial charge in [-0.15, -0.1) is 0 Å². The number of carbonyl (C=O) groups excluding carboxylic acids is 2. The molecular formula is C11H11NO4. The predicted octanol–water partition coefficient (Wildman–Crippen LogP) is 0.915. The summed E-state index contributed by atoms with van der Waals surface area (Å²) < 4.78 is 0. The van der Waals surface area contributed by atoms with Crippen molar-refractivity contribution in [2.45, 2.75) is 6.92 Å². The monoisotopic (exact) mass is 221 g/mol. The van der Waals surface area contributed by atoms with Crippen LogP contribution in [0.25, 0.3) is 0 Å². The fourth-order valence-corrected chi connectivity index (χ4v) is 1.21. The van der Waals surface area contributed by atoms with Gasteiger partial charge < -0.3 is 10.4 Å². The van der Waals surface area contributed by atoms with Crippen LogP contribution < -0.4 is 5.32 Å². The molecule has 0 aromatic heterocycles. The summed E-state index contributed by atoms with van der Waals surface area (Å²) in [4.78, 5) is 33.1. The Hall–Kier alpha value is -2.17. The third-order valence-electron chi connectivity index (χ3n) is 1.96. The quantitative estimate of drug-likeness (QED) is 0.740. The molecule has 1 aromatic rings. The molecule has 0 aliphatic carbocycles. The van der Waals surface area contributed by atoms with E-state index in [2.05, 4.69) is 5.32 Å². The van der Waals surface area contributed by atoms with E-state index in [4.69, 9.17) is 5.11 Å². The Balaban J connectivity index is 2.78. The first kappa shape index (κ1) is 11.9. The molecule has 16 heavy (non-hydrogen) atoms. The predicted molar refractivity (Wildman–Crippen MR) is 56.9 cm³/mol. The average Bonchev–Trinajstić information content (AvgIpc) is 2.17. The summed E-state index contributed by atoms with van der Waals surface area (Å²) in [7, 11) is 0. The van der Waals surface area contributed by atoms with Gasteiger partial charge in [0.25, 0.3) is 0 Å². The van der Waals surface area contributed by atoms with Crippen LogP contribution >= 0.6 is 0 Å². The van der Waals surface area contributed by atoms with Crippen LogP contribution in [0.2, 0.25) is 0 Å². The van der Waals surface area contributed by atoms with Gasteiger partial charge in [0.1, 0.15) is 0 Å². The lowest BCUT2D eigenvalue weighted by atomic mass is 10.0. The van der Waals surface area contributed by atoms with Gasteiger partial charge in [-0.25, -0.2) is 0 Å². The van der Waals surface area contributed by atoms with Gasteiger partial charge in [-0.05, 0) is 19.1 Å². The van der Waals surface area contributed by atoms with Crippen LogP contribution in [0, 0.1) is 5.92 Å². The van der Waals surface area contributed by atoms with Crippen molar-refractivity contribution in [2.75, 3.05) is 5.32 Å². The number of nitrogens with one attached hydrogen (secondary N) is 1.